The molecule has 0 aromatic heterocycles. The van der Waals surface area contributed by atoms with Crippen molar-refractivity contribution in [3.05, 3.63) is 48.0 Å². The molecule has 0 aliphatic heterocycles. The van der Waals surface area contributed by atoms with E-state index in [2.05, 4.69) is 6.92 Å². The molecule has 154 valence electrons. The van der Waals surface area contributed by atoms with Gasteiger partial charge in [0.15, 0.2) is 0 Å². The molecule has 0 bridgehead atoms. The smallest absolute Gasteiger partial charge is 0.870 e. The van der Waals surface area contributed by atoms with Crippen LogP contribution in [0.3, 0.4) is 0 Å². The van der Waals surface area contributed by atoms with Crippen molar-refractivity contribution in [2.75, 3.05) is 0 Å². The van der Waals surface area contributed by atoms with Crippen molar-refractivity contribution >= 4 is 10.1 Å². The molecule has 1 N–H and O–H groups in total. The fourth-order valence-electron chi connectivity index (χ4n) is 3.16. The molecule has 0 aliphatic carbocycles. The molecule has 0 saturated carbocycles. The van der Waals surface area contributed by atoms with Crippen molar-refractivity contribution in [1.29, 1.82) is 0 Å². The minimum atomic E-state index is -4.46. The molecule has 0 saturated heterocycles. The molecule has 29 heavy (non-hydrogen) atoms. The largest absolute Gasteiger partial charge is 1.00 e. The first kappa shape index (κ1) is 26.6. The van der Waals surface area contributed by atoms with Crippen LogP contribution in [0.5, 0.6) is 17.2 Å². The second-order valence-corrected chi connectivity index (χ2v) is 8.41. The SMILES string of the molecule is CCCCCCCCCCc1cc(Oc2ccccc2)c([O-])cc1S(=O)(=O)O.[K+]. The topological polar surface area (TPSA) is 86.7 Å². The first-order chi connectivity index (χ1) is 13.4. The summed E-state index contributed by atoms with van der Waals surface area (Å²) in [6.45, 7) is 2.19. The summed E-state index contributed by atoms with van der Waals surface area (Å²) in [6.07, 6.45) is 9.48. The van der Waals surface area contributed by atoms with Gasteiger partial charge in [0.25, 0.3) is 10.1 Å². The van der Waals surface area contributed by atoms with E-state index in [1.54, 1.807) is 24.3 Å². The van der Waals surface area contributed by atoms with Crippen LogP contribution in [0.2, 0.25) is 0 Å². The monoisotopic (exact) mass is 444 g/mol. The third-order valence-corrected chi connectivity index (χ3v) is 5.61. The molecule has 0 radical (unpaired) electrons. The van der Waals surface area contributed by atoms with E-state index in [4.69, 9.17) is 4.74 Å². The summed E-state index contributed by atoms with van der Waals surface area (Å²) in [5.74, 6) is -0.0125. The Morgan fingerprint density at radius 3 is 2.10 bits per heavy atom. The molecule has 0 heterocycles. The van der Waals surface area contributed by atoms with Crippen molar-refractivity contribution in [3.8, 4) is 17.2 Å². The van der Waals surface area contributed by atoms with Crippen LogP contribution >= 0.6 is 0 Å². The van der Waals surface area contributed by atoms with Gasteiger partial charge in [0.05, 0.1) is 4.90 Å². The molecule has 0 unspecified atom stereocenters. The van der Waals surface area contributed by atoms with E-state index in [0.29, 0.717) is 17.7 Å². The van der Waals surface area contributed by atoms with Gasteiger partial charge < -0.3 is 9.84 Å². The molecule has 2 aromatic rings. The second-order valence-electron chi connectivity index (χ2n) is 7.02. The normalized spacial score (nSPS) is 11.1. The van der Waals surface area contributed by atoms with E-state index in [9.17, 15) is 18.1 Å². The van der Waals surface area contributed by atoms with Crippen LogP contribution in [0.25, 0.3) is 0 Å². The Labute approximate surface area is 217 Å². The number of rotatable bonds is 12. The van der Waals surface area contributed by atoms with E-state index in [1.807, 2.05) is 6.07 Å². The summed E-state index contributed by atoms with van der Waals surface area (Å²) in [5, 5.41) is 12.2. The number of benzene rings is 2. The molecule has 5 nitrogen and oxygen atoms in total. The molecule has 0 atom stereocenters. The maximum absolute atomic E-state index is 12.2. The molecule has 2 rings (SSSR count). The zero-order valence-electron chi connectivity index (χ0n) is 17.4. The standard InChI is InChI=1S/C22H30O5S.K/c1-2-3-4-5-6-7-8-10-13-18-16-21(27-19-14-11-9-12-15-19)20(23)17-22(18)28(24,25)26;/h9,11-12,14-17,23H,2-8,10,13H2,1H3,(H,24,25,26);/q;+1/p-1. The molecule has 7 heteroatoms. The van der Waals surface area contributed by atoms with Gasteiger partial charge in [-0.05, 0) is 42.7 Å². The number of unbranched alkanes of at least 4 members (excludes halogenated alkanes) is 7. The minimum Gasteiger partial charge on any atom is -0.870 e. The van der Waals surface area contributed by atoms with Crippen molar-refractivity contribution in [3.63, 3.8) is 0 Å². The van der Waals surface area contributed by atoms with Gasteiger partial charge in [0.1, 0.15) is 11.5 Å². The number of para-hydroxylation sites is 1. The number of ether oxygens (including phenoxy) is 1. The summed E-state index contributed by atoms with van der Waals surface area (Å²) < 4.78 is 38.5. The maximum atomic E-state index is 12.2. The Morgan fingerprint density at radius 1 is 0.931 bits per heavy atom. The Kier molecular flexibility index (Phi) is 12.7. The van der Waals surface area contributed by atoms with E-state index in [-0.39, 0.29) is 62.0 Å². The third kappa shape index (κ3) is 9.51. The molecule has 0 fully saturated rings. The summed E-state index contributed by atoms with van der Waals surface area (Å²) in [6, 6.07) is 11.2. The van der Waals surface area contributed by atoms with E-state index in [0.717, 1.165) is 25.3 Å². The van der Waals surface area contributed by atoms with Crippen LogP contribution in [-0.2, 0) is 16.5 Å². The first-order valence-corrected chi connectivity index (χ1v) is 11.4. The van der Waals surface area contributed by atoms with E-state index >= 15 is 0 Å². The molecular formula is C22H29KO5S. The fourth-order valence-corrected chi connectivity index (χ4v) is 3.91. The molecule has 0 aliphatic rings. The van der Waals surface area contributed by atoms with Gasteiger partial charge in [-0.1, -0.05) is 75.8 Å². The van der Waals surface area contributed by atoms with Crippen LogP contribution in [0.4, 0.5) is 0 Å². The van der Waals surface area contributed by atoms with Crippen LogP contribution in [0, 0.1) is 0 Å². The van der Waals surface area contributed by atoms with Gasteiger partial charge in [-0.2, -0.15) is 8.42 Å². The average Bonchev–Trinajstić information content (AvgIpc) is 2.66. The van der Waals surface area contributed by atoms with Crippen molar-refractivity contribution in [2.24, 2.45) is 0 Å². The Bertz CT molecular complexity index is 838. The van der Waals surface area contributed by atoms with Gasteiger partial charge in [-0.3, -0.25) is 4.55 Å². The van der Waals surface area contributed by atoms with Crippen LogP contribution in [0.15, 0.2) is 47.4 Å². The predicted molar refractivity (Wildman–Crippen MR) is 109 cm³/mol. The first-order valence-electron chi connectivity index (χ1n) is 9.96. The summed E-state index contributed by atoms with van der Waals surface area (Å²) >= 11 is 0. The van der Waals surface area contributed by atoms with Crippen LogP contribution in [-0.4, -0.2) is 13.0 Å². The third-order valence-electron chi connectivity index (χ3n) is 4.68. The van der Waals surface area contributed by atoms with E-state index < -0.39 is 15.9 Å². The van der Waals surface area contributed by atoms with E-state index in [1.165, 1.54) is 38.2 Å². The van der Waals surface area contributed by atoms with Gasteiger partial charge >= 0.3 is 51.4 Å². The van der Waals surface area contributed by atoms with Crippen LogP contribution < -0.4 is 61.2 Å². The fraction of sp³-hybridized carbons (Fsp3) is 0.455. The van der Waals surface area contributed by atoms with Crippen molar-refractivity contribution < 1.29 is 74.2 Å². The number of hydrogen-bond donors (Lipinski definition) is 1. The quantitative estimate of drug-likeness (QED) is 0.309. The Balaban J connectivity index is 0.00000420. The molecule has 0 amide bonds. The summed E-state index contributed by atoms with van der Waals surface area (Å²) in [4.78, 5) is -0.319. The molecular weight excluding hydrogens is 415 g/mol. The van der Waals surface area contributed by atoms with Gasteiger partial charge in [0.2, 0.25) is 0 Å². The Hall–Kier alpha value is -0.414. The summed E-state index contributed by atoms with van der Waals surface area (Å²) in [5.41, 5.74) is 0.416. The summed E-state index contributed by atoms with van der Waals surface area (Å²) in [7, 11) is -4.46. The van der Waals surface area contributed by atoms with Gasteiger partial charge in [0, 0.05) is 0 Å². The van der Waals surface area contributed by atoms with Gasteiger partial charge in [-0.25, -0.2) is 0 Å². The van der Waals surface area contributed by atoms with Crippen LogP contribution in [0.1, 0.15) is 63.9 Å². The molecule has 2 aromatic carbocycles. The van der Waals surface area contributed by atoms with Crippen molar-refractivity contribution in [1.82, 2.24) is 0 Å². The Morgan fingerprint density at radius 2 is 1.52 bits per heavy atom. The van der Waals surface area contributed by atoms with Gasteiger partial charge in [-0.15, -0.1) is 0 Å². The second kappa shape index (κ2) is 13.8. The zero-order valence-corrected chi connectivity index (χ0v) is 21.3. The molecule has 0 spiro atoms. The predicted octanol–water partition coefficient (Wildman–Crippen LogP) is 2.49. The van der Waals surface area contributed by atoms with Crippen molar-refractivity contribution in [2.45, 2.75) is 69.6 Å². The zero-order chi connectivity index (χ0) is 20.4. The number of hydrogen-bond acceptors (Lipinski definition) is 4. The number of aryl methyl sites for hydroxylation is 1. The average molecular weight is 445 g/mol. The minimum absolute atomic E-state index is 0. The maximum Gasteiger partial charge on any atom is 1.00 e.